The van der Waals surface area contributed by atoms with E-state index in [1.807, 2.05) is 58.0 Å². The smallest absolute Gasteiger partial charge is 0.241 e. The maximum absolute atomic E-state index is 11.9. The van der Waals surface area contributed by atoms with Crippen LogP contribution in [0.1, 0.15) is 19.4 Å². The number of nitrogens with zero attached hydrogens (tertiary/aromatic N) is 1. The van der Waals surface area contributed by atoms with Crippen LogP contribution in [-0.4, -0.2) is 26.0 Å². The van der Waals surface area contributed by atoms with E-state index in [0.29, 0.717) is 0 Å². The second kappa shape index (κ2) is 5.87. The molecule has 3 N–H and O–H groups in total. The number of hydrogen-bond acceptors (Lipinski definition) is 3. The zero-order valence-corrected chi connectivity index (χ0v) is 11.8. The summed E-state index contributed by atoms with van der Waals surface area (Å²) in [5.41, 5.74) is 8.78. The largest absolute Gasteiger partial charge is 0.378 e. The molecule has 1 aromatic rings. The number of hydrogen-bond donors (Lipinski definition) is 2. The van der Waals surface area contributed by atoms with Crippen molar-refractivity contribution in [3.05, 3.63) is 23.8 Å². The summed E-state index contributed by atoms with van der Waals surface area (Å²) in [5.74, 6) is -0.00272. The number of nitrogens with one attached hydrogen (secondary N) is 1. The first-order valence-corrected chi connectivity index (χ1v) is 6.17. The number of carbonyl (C=O) groups excluding carboxylic acids is 1. The number of rotatable bonds is 4. The Kier molecular flexibility index (Phi) is 4.73. The van der Waals surface area contributed by atoms with Gasteiger partial charge in [-0.1, -0.05) is 13.8 Å². The molecule has 1 rings (SSSR count). The van der Waals surface area contributed by atoms with Crippen molar-refractivity contribution in [2.24, 2.45) is 11.7 Å². The van der Waals surface area contributed by atoms with E-state index < -0.39 is 6.04 Å². The summed E-state index contributed by atoms with van der Waals surface area (Å²) in [7, 11) is 3.98. The van der Waals surface area contributed by atoms with Crippen LogP contribution in [0, 0.1) is 12.8 Å². The first kappa shape index (κ1) is 14.5. The van der Waals surface area contributed by atoms with Crippen molar-refractivity contribution in [1.29, 1.82) is 0 Å². The van der Waals surface area contributed by atoms with Gasteiger partial charge in [0.2, 0.25) is 5.91 Å². The predicted molar refractivity (Wildman–Crippen MR) is 76.9 cm³/mol. The standard InChI is InChI=1S/C14H23N3O/c1-9(2)13(15)14(18)16-12-7-6-11(17(4)5)8-10(12)3/h6-9,13H,15H2,1-5H3,(H,16,18). The number of aryl methyl sites for hydroxylation is 1. The van der Waals surface area contributed by atoms with Gasteiger partial charge >= 0.3 is 0 Å². The van der Waals surface area contributed by atoms with E-state index in [-0.39, 0.29) is 11.8 Å². The molecule has 0 bridgehead atoms. The summed E-state index contributed by atoms with van der Waals surface area (Å²) in [6.45, 7) is 5.85. The lowest BCUT2D eigenvalue weighted by Gasteiger charge is -2.18. The SMILES string of the molecule is Cc1cc(N(C)C)ccc1NC(=O)C(N)C(C)C. The molecule has 1 aromatic carbocycles. The minimum absolute atomic E-state index is 0.131. The third-order valence-corrected chi connectivity index (χ3v) is 3.01. The molecule has 0 spiro atoms. The highest BCUT2D eigenvalue weighted by Gasteiger charge is 2.17. The van der Waals surface area contributed by atoms with Gasteiger partial charge in [0.05, 0.1) is 6.04 Å². The Morgan fingerprint density at radius 2 is 1.94 bits per heavy atom. The molecule has 18 heavy (non-hydrogen) atoms. The summed E-state index contributed by atoms with van der Waals surface area (Å²) >= 11 is 0. The number of amides is 1. The second-order valence-corrected chi connectivity index (χ2v) is 5.15. The number of nitrogens with two attached hydrogens (primary N) is 1. The van der Waals surface area contributed by atoms with E-state index >= 15 is 0 Å². The molecule has 4 heteroatoms. The van der Waals surface area contributed by atoms with Crippen LogP contribution in [0.5, 0.6) is 0 Å². The van der Waals surface area contributed by atoms with Gasteiger partial charge in [0, 0.05) is 25.5 Å². The molecule has 0 saturated heterocycles. The summed E-state index contributed by atoms with van der Waals surface area (Å²) in [4.78, 5) is 13.9. The fourth-order valence-corrected chi connectivity index (χ4v) is 1.59. The van der Waals surface area contributed by atoms with Crippen LogP contribution in [-0.2, 0) is 4.79 Å². The predicted octanol–water partition coefficient (Wildman–Crippen LogP) is 1.98. The molecule has 1 amide bonds. The van der Waals surface area contributed by atoms with Crippen molar-refractivity contribution in [1.82, 2.24) is 0 Å². The molecule has 1 unspecified atom stereocenters. The van der Waals surface area contributed by atoms with E-state index in [1.165, 1.54) is 0 Å². The molecule has 0 aromatic heterocycles. The Bertz CT molecular complexity index is 427. The fourth-order valence-electron chi connectivity index (χ4n) is 1.59. The molecule has 0 aliphatic heterocycles. The monoisotopic (exact) mass is 249 g/mol. The van der Waals surface area contributed by atoms with E-state index in [9.17, 15) is 4.79 Å². The molecule has 0 aliphatic carbocycles. The van der Waals surface area contributed by atoms with Crippen LogP contribution in [0.2, 0.25) is 0 Å². The second-order valence-electron chi connectivity index (χ2n) is 5.15. The van der Waals surface area contributed by atoms with Gasteiger partial charge in [0.15, 0.2) is 0 Å². The Labute approximate surface area is 109 Å². The van der Waals surface area contributed by atoms with E-state index in [0.717, 1.165) is 16.9 Å². The van der Waals surface area contributed by atoms with Crippen molar-refractivity contribution in [3.8, 4) is 0 Å². The van der Waals surface area contributed by atoms with Crippen LogP contribution in [0.15, 0.2) is 18.2 Å². The van der Waals surface area contributed by atoms with Crippen molar-refractivity contribution >= 4 is 17.3 Å². The van der Waals surface area contributed by atoms with Crippen molar-refractivity contribution < 1.29 is 4.79 Å². The maximum Gasteiger partial charge on any atom is 0.241 e. The van der Waals surface area contributed by atoms with Crippen molar-refractivity contribution in [3.63, 3.8) is 0 Å². The first-order chi connectivity index (χ1) is 8.32. The average molecular weight is 249 g/mol. The number of carbonyl (C=O) groups is 1. The van der Waals surface area contributed by atoms with E-state index in [2.05, 4.69) is 5.32 Å². The van der Waals surface area contributed by atoms with Gasteiger partial charge in [-0.25, -0.2) is 0 Å². The molecule has 1 atom stereocenters. The minimum atomic E-state index is -0.474. The van der Waals surface area contributed by atoms with Crippen LogP contribution in [0.25, 0.3) is 0 Å². The molecule has 0 heterocycles. The van der Waals surface area contributed by atoms with Crippen LogP contribution < -0.4 is 16.0 Å². The lowest BCUT2D eigenvalue weighted by atomic mass is 10.0. The van der Waals surface area contributed by atoms with Crippen LogP contribution in [0.4, 0.5) is 11.4 Å². The molecular formula is C14H23N3O. The Hall–Kier alpha value is -1.55. The van der Waals surface area contributed by atoms with Gasteiger partial charge in [0.1, 0.15) is 0 Å². The summed E-state index contributed by atoms with van der Waals surface area (Å²) < 4.78 is 0. The molecule has 100 valence electrons. The highest BCUT2D eigenvalue weighted by molar-refractivity contribution is 5.95. The Balaban J connectivity index is 2.83. The number of benzene rings is 1. The molecule has 4 nitrogen and oxygen atoms in total. The third-order valence-electron chi connectivity index (χ3n) is 3.01. The van der Waals surface area contributed by atoms with Crippen molar-refractivity contribution in [2.45, 2.75) is 26.8 Å². The van der Waals surface area contributed by atoms with Crippen LogP contribution >= 0.6 is 0 Å². The van der Waals surface area contributed by atoms with E-state index in [4.69, 9.17) is 5.73 Å². The number of anilines is 2. The van der Waals surface area contributed by atoms with Gasteiger partial charge < -0.3 is 16.0 Å². The molecule has 0 radical (unpaired) electrons. The summed E-state index contributed by atoms with van der Waals surface area (Å²) in [6, 6.07) is 5.45. The topological polar surface area (TPSA) is 58.4 Å². The van der Waals surface area contributed by atoms with Crippen LogP contribution in [0.3, 0.4) is 0 Å². The molecule has 0 aliphatic rings. The lowest BCUT2D eigenvalue weighted by Crippen LogP contribution is -2.39. The van der Waals surface area contributed by atoms with Gasteiger partial charge in [0.25, 0.3) is 0 Å². The maximum atomic E-state index is 11.9. The average Bonchev–Trinajstić information content (AvgIpc) is 2.30. The van der Waals surface area contributed by atoms with Gasteiger partial charge in [-0.15, -0.1) is 0 Å². The minimum Gasteiger partial charge on any atom is -0.378 e. The van der Waals surface area contributed by atoms with Gasteiger partial charge in [-0.3, -0.25) is 4.79 Å². The van der Waals surface area contributed by atoms with Gasteiger partial charge in [-0.2, -0.15) is 0 Å². The normalized spacial score (nSPS) is 12.4. The quantitative estimate of drug-likeness (QED) is 0.858. The summed E-state index contributed by atoms with van der Waals surface area (Å²) in [5, 5.41) is 2.87. The van der Waals surface area contributed by atoms with E-state index in [1.54, 1.807) is 0 Å². The zero-order valence-electron chi connectivity index (χ0n) is 11.8. The molecule has 0 saturated carbocycles. The molecule has 0 fully saturated rings. The highest BCUT2D eigenvalue weighted by Crippen LogP contribution is 2.21. The first-order valence-electron chi connectivity index (χ1n) is 6.17. The molecular weight excluding hydrogens is 226 g/mol. The third kappa shape index (κ3) is 3.47. The highest BCUT2D eigenvalue weighted by atomic mass is 16.2. The van der Waals surface area contributed by atoms with Gasteiger partial charge in [-0.05, 0) is 36.6 Å². The Morgan fingerprint density at radius 1 is 1.33 bits per heavy atom. The summed E-state index contributed by atoms with van der Waals surface area (Å²) in [6.07, 6.45) is 0. The fraction of sp³-hybridized carbons (Fsp3) is 0.500. The van der Waals surface area contributed by atoms with Crippen molar-refractivity contribution in [2.75, 3.05) is 24.3 Å². The lowest BCUT2D eigenvalue weighted by molar-refractivity contribution is -0.118. The zero-order chi connectivity index (χ0) is 13.9. The Morgan fingerprint density at radius 3 is 2.39 bits per heavy atom.